The molecule has 1 aliphatic heterocycles. The topological polar surface area (TPSA) is 84.9 Å². The van der Waals surface area contributed by atoms with Crippen molar-refractivity contribution in [3.63, 3.8) is 0 Å². The maximum Gasteiger partial charge on any atom is 0.293 e. The van der Waals surface area contributed by atoms with Crippen molar-refractivity contribution in [2.75, 3.05) is 18.5 Å². The van der Waals surface area contributed by atoms with Gasteiger partial charge in [0.15, 0.2) is 18.1 Å². The Hall–Kier alpha value is -2.29. The summed E-state index contributed by atoms with van der Waals surface area (Å²) in [5, 5.41) is 3.01. The second-order valence-electron chi connectivity index (χ2n) is 8.46. The fourth-order valence-corrected chi connectivity index (χ4v) is 5.80. The highest BCUT2D eigenvalue weighted by Gasteiger charge is 2.35. The zero-order valence-electron chi connectivity index (χ0n) is 20.9. The molecule has 0 aromatic heterocycles. The van der Waals surface area contributed by atoms with Gasteiger partial charge in [0.1, 0.15) is 0 Å². The Morgan fingerprint density at radius 1 is 1.08 bits per heavy atom. The Bertz CT molecular complexity index is 1460. The van der Waals surface area contributed by atoms with Gasteiger partial charge in [-0.25, -0.2) is 0 Å². The molecule has 1 heterocycles. The number of anilines is 1. The molecule has 0 bridgehead atoms. The molecule has 0 spiro atoms. The molecule has 0 saturated carbocycles. The van der Waals surface area contributed by atoms with E-state index < -0.39 is 0 Å². The van der Waals surface area contributed by atoms with Gasteiger partial charge in [0, 0.05) is 14.3 Å². The fourth-order valence-electron chi connectivity index (χ4n) is 3.64. The van der Waals surface area contributed by atoms with Crippen LogP contribution in [0.2, 0.25) is 5.02 Å². The Morgan fingerprint density at radius 2 is 1.82 bits per heavy atom. The third kappa shape index (κ3) is 7.68. The number of aryl methyl sites for hydroxylation is 1. The first kappa shape index (κ1) is 29.7. The molecule has 1 aliphatic rings. The molecule has 3 amide bonds. The minimum absolute atomic E-state index is 0.213. The van der Waals surface area contributed by atoms with Gasteiger partial charge in [-0.1, -0.05) is 29.8 Å². The molecule has 4 rings (SSSR count). The minimum atomic E-state index is -0.348. The van der Waals surface area contributed by atoms with Crippen LogP contribution >= 0.6 is 68.5 Å². The van der Waals surface area contributed by atoms with E-state index >= 15 is 0 Å². The molecule has 1 saturated heterocycles. The normalized spacial score (nSPS) is 14.2. The zero-order valence-corrected chi connectivity index (χ0v) is 26.8. The number of amides is 3. The number of ether oxygens (including phenoxy) is 2. The molecule has 11 heteroatoms. The Labute approximate surface area is 262 Å². The van der Waals surface area contributed by atoms with Crippen molar-refractivity contribution >= 4 is 97.4 Å². The lowest BCUT2D eigenvalue weighted by Gasteiger charge is -2.15. The van der Waals surface area contributed by atoms with Crippen LogP contribution < -0.4 is 14.8 Å². The van der Waals surface area contributed by atoms with Crippen molar-refractivity contribution in [2.45, 2.75) is 20.4 Å². The fraction of sp³-hybridized carbons (Fsp3) is 0.179. The van der Waals surface area contributed by atoms with Gasteiger partial charge >= 0.3 is 0 Å². The summed E-state index contributed by atoms with van der Waals surface area (Å²) in [6, 6.07) is 16.5. The van der Waals surface area contributed by atoms with Crippen LogP contribution in [0.25, 0.3) is 6.08 Å². The van der Waals surface area contributed by atoms with E-state index in [0.717, 1.165) is 26.5 Å². The van der Waals surface area contributed by atoms with Crippen molar-refractivity contribution in [2.24, 2.45) is 0 Å². The van der Waals surface area contributed by atoms with E-state index in [1.807, 2.05) is 50.2 Å². The van der Waals surface area contributed by atoms with E-state index in [4.69, 9.17) is 21.1 Å². The maximum absolute atomic E-state index is 13.0. The molecular weight excluding hydrogens is 766 g/mol. The van der Waals surface area contributed by atoms with Crippen LogP contribution in [0.5, 0.6) is 11.5 Å². The highest BCUT2D eigenvalue weighted by molar-refractivity contribution is 14.1. The number of nitrogens with one attached hydrogen (secondary N) is 1. The molecule has 7 nitrogen and oxygen atoms in total. The van der Waals surface area contributed by atoms with Gasteiger partial charge in [0.2, 0.25) is 0 Å². The van der Waals surface area contributed by atoms with Crippen molar-refractivity contribution in [3.8, 4) is 11.5 Å². The first-order valence-corrected chi connectivity index (χ1v) is 15.1. The number of carbonyl (C=O) groups is 3. The average Bonchev–Trinajstić information content (AvgIpc) is 3.14. The largest absolute Gasteiger partial charge is 0.490 e. The maximum atomic E-state index is 13.0. The third-order valence-electron chi connectivity index (χ3n) is 5.56. The highest BCUT2D eigenvalue weighted by Crippen LogP contribution is 2.38. The number of benzene rings is 3. The third-order valence-corrected chi connectivity index (χ3v) is 8.40. The van der Waals surface area contributed by atoms with Gasteiger partial charge in [-0.05, 0) is 130 Å². The molecule has 0 atom stereocenters. The van der Waals surface area contributed by atoms with Crippen molar-refractivity contribution in [3.05, 3.63) is 88.4 Å². The number of carbonyl (C=O) groups excluding carboxylic acids is 3. The van der Waals surface area contributed by atoms with Gasteiger partial charge in [0.25, 0.3) is 17.1 Å². The van der Waals surface area contributed by atoms with E-state index in [9.17, 15) is 14.4 Å². The summed E-state index contributed by atoms with van der Waals surface area (Å²) in [4.78, 5) is 39.7. The minimum Gasteiger partial charge on any atom is -0.490 e. The molecule has 0 aliphatic carbocycles. The summed E-state index contributed by atoms with van der Waals surface area (Å²) < 4.78 is 13.4. The lowest BCUT2D eigenvalue weighted by Crippen LogP contribution is -2.27. The van der Waals surface area contributed by atoms with Crippen LogP contribution in [0.3, 0.4) is 0 Å². The van der Waals surface area contributed by atoms with Gasteiger partial charge in [-0.2, -0.15) is 0 Å². The first-order chi connectivity index (χ1) is 18.6. The molecule has 0 radical (unpaired) electrons. The molecule has 39 heavy (non-hydrogen) atoms. The lowest BCUT2D eigenvalue weighted by molar-refractivity contribution is -0.123. The molecule has 202 valence electrons. The molecule has 0 unspecified atom stereocenters. The van der Waals surface area contributed by atoms with Crippen molar-refractivity contribution in [1.82, 2.24) is 4.90 Å². The number of nitrogens with zero attached hydrogens (tertiary/aromatic N) is 1. The van der Waals surface area contributed by atoms with Gasteiger partial charge in [-0.15, -0.1) is 0 Å². The number of hydrogen-bond donors (Lipinski definition) is 1. The summed E-state index contributed by atoms with van der Waals surface area (Å²) >= 11 is 11.3. The monoisotopic (exact) mass is 788 g/mol. The second-order valence-corrected chi connectivity index (χ2v) is 12.3. The second kappa shape index (κ2) is 13.4. The Kier molecular flexibility index (Phi) is 10.2. The van der Waals surface area contributed by atoms with Crippen LogP contribution in [0.4, 0.5) is 10.5 Å². The molecule has 1 fully saturated rings. The van der Waals surface area contributed by atoms with Crippen LogP contribution in [0, 0.1) is 14.1 Å². The summed E-state index contributed by atoms with van der Waals surface area (Å²) in [5.41, 5.74) is 3.04. The molecular formula is C28H23ClI2N2O5S. The first-order valence-electron chi connectivity index (χ1n) is 11.8. The standard InChI is InChI=1S/C28H23ClI2N2O5S/c1-3-37-23-11-18(12-24-27(35)33(28(36)39-24)14-17-5-7-19(30)8-6-17)10-22(31)26(23)38-15-25(34)32-20-9-4-16(2)21(29)13-20/h4-13H,3,14-15H2,1-2H3,(H,32,34)/b24-12-. The van der Waals surface area contributed by atoms with Crippen LogP contribution in [-0.4, -0.2) is 35.2 Å². The van der Waals surface area contributed by atoms with Gasteiger partial charge < -0.3 is 14.8 Å². The van der Waals surface area contributed by atoms with E-state index in [1.165, 1.54) is 4.90 Å². The van der Waals surface area contributed by atoms with E-state index in [1.54, 1.807) is 24.3 Å². The summed E-state index contributed by atoms with van der Waals surface area (Å²) in [5.74, 6) is 0.155. The number of thioether (sulfide) groups is 1. The Morgan fingerprint density at radius 3 is 2.51 bits per heavy atom. The number of rotatable bonds is 9. The van der Waals surface area contributed by atoms with Crippen molar-refractivity contribution < 1.29 is 23.9 Å². The van der Waals surface area contributed by atoms with Gasteiger partial charge in [-0.3, -0.25) is 19.3 Å². The van der Waals surface area contributed by atoms with E-state index in [0.29, 0.717) is 42.9 Å². The summed E-state index contributed by atoms with van der Waals surface area (Å²) in [6.45, 7) is 4.07. The highest BCUT2D eigenvalue weighted by atomic mass is 127. The van der Waals surface area contributed by atoms with E-state index in [2.05, 4.69) is 50.5 Å². The average molecular weight is 789 g/mol. The molecule has 3 aromatic rings. The number of halogens is 3. The quantitative estimate of drug-likeness (QED) is 0.179. The van der Waals surface area contributed by atoms with Crippen LogP contribution in [0.15, 0.2) is 59.5 Å². The molecule has 3 aromatic carbocycles. The molecule has 1 N–H and O–H groups in total. The predicted octanol–water partition coefficient (Wildman–Crippen LogP) is 7.51. The predicted molar refractivity (Wildman–Crippen MR) is 171 cm³/mol. The SMILES string of the molecule is CCOc1cc(/C=C2\SC(=O)N(Cc3ccc(I)cc3)C2=O)cc(I)c1OCC(=O)Nc1ccc(C)c(Cl)c1. The summed E-state index contributed by atoms with van der Waals surface area (Å²) in [7, 11) is 0. The summed E-state index contributed by atoms with van der Waals surface area (Å²) in [6.07, 6.45) is 1.67. The smallest absolute Gasteiger partial charge is 0.293 e. The van der Waals surface area contributed by atoms with Crippen LogP contribution in [-0.2, 0) is 16.1 Å². The van der Waals surface area contributed by atoms with Gasteiger partial charge in [0.05, 0.1) is 21.6 Å². The number of hydrogen-bond acceptors (Lipinski definition) is 6. The van der Waals surface area contributed by atoms with E-state index in [-0.39, 0.29) is 30.2 Å². The van der Waals surface area contributed by atoms with Crippen LogP contribution in [0.1, 0.15) is 23.6 Å². The zero-order chi connectivity index (χ0) is 28.1. The Balaban J connectivity index is 1.48. The lowest BCUT2D eigenvalue weighted by atomic mass is 10.1. The van der Waals surface area contributed by atoms with Crippen molar-refractivity contribution in [1.29, 1.82) is 0 Å². The number of imide groups is 1.